The highest BCUT2D eigenvalue weighted by molar-refractivity contribution is 5.93. The Hall–Kier alpha value is -3.55. The fourth-order valence-corrected chi connectivity index (χ4v) is 3.43. The highest BCUT2D eigenvalue weighted by Gasteiger charge is 2.29. The number of nitrogens with zero attached hydrogens (tertiary/aromatic N) is 3. The van der Waals surface area contributed by atoms with E-state index >= 15 is 0 Å². The molecular weight excluding hydrogens is 418 g/mol. The minimum absolute atomic E-state index is 0.0344. The van der Waals surface area contributed by atoms with Gasteiger partial charge in [0.1, 0.15) is 5.82 Å². The van der Waals surface area contributed by atoms with E-state index in [-0.39, 0.29) is 29.0 Å². The average Bonchev–Trinajstić information content (AvgIpc) is 3.52. The lowest BCUT2D eigenvalue weighted by atomic mass is 9.97. The zero-order valence-corrected chi connectivity index (χ0v) is 19.4. The van der Waals surface area contributed by atoms with Gasteiger partial charge in [0.25, 0.3) is 11.7 Å². The van der Waals surface area contributed by atoms with E-state index in [0.29, 0.717) is 18.3 Å². The normalized spacial score (nSPS) is 13.6. The van der Waals surface area contributed by atoms with Crippen molar-refractivity contribution in [2.75, 3.05) is 5.32 Å². The number of anilines is 1. The van der Waals surface area contributed by atoms with Crippen molar-refractivity contribution in [3.63, 3.8) is 0 Å². The van der Waals surface area contributed by atoms with Crippen LogP contribution in [-0.2, 0) is 23.2 Å². The number of nitrogens with one attached hydrogen (secondary N) is 2. The molecule has 1 aromatic carbocycles. The van der Waals surface area contributed by atoms with Crippen LogP contribution in [0.15, 0.2) is 41.1 Å². The van der Waals surface area contributed by atoms with Gasteiger partial charge in [-0.1, -0.05) is 51.1 Å². The Morgan fingerprint density at radius 1 is 1.09 bits per heavy atom. The highest BCUT2D eigenvalue weighted by atomic mass is 16.5. The third-order valence-corrected chi connectivity index (χ3v) is 5.59. The number of hydrogen-bond acceptors (Lipinski definition) is 6. The number of rotatable bonds is 7. The molecular formula is C25H29N5O3. The second-order valence-electron chi connectivity index (χ2n) is 9.39. The fourth-order valence-electron chi connectivity index (χ4n) is 3.43. The Morgan fingerprint density at radius 3 is 2.52 bits per heavy atom. The molecule has 1 aliphatic carbocycles. The van der Waals surface area contributed by atoms with Crippen LogP contribution in [0, 0.1) is 5.92 Å². The molecule has 0 saturated heterocycles. The first-order chi connectivity index (χ1) is 15.7. The number of amides is 2. The van der Waals surface area contributed by atoms with Crippen LogP contribution in [0.5, 0.6) is 0 Å². The summed E-state index contributed by atoms with van der Waals surface area (Å²) in [6.45, 7) is 8.28. The van der Waals surface area contributed by atoms with Crippen LogP contribution in [0.4, 0.5) is 5.82 Å². The summed E-state index contributed by atoms with van der Waals surface area (Å²) in [5.74, 6) is 0.822. The van der Waals surface area contributed by atoms with E-state index in [0.717, 1.165) is 41.5 Å². The van der Waals surface area contributed by atoms with Crippen molar-refractivity contribution in [1.29, 1.82) is 0 Å². The monoisotopic (exact) mass is 447 g/mol. The summed E-state index contributed by atoms with van der Waals surface area (Å²) in [5.41, 5.74) is 3.83. The van der Waals surface area contributed by atoms with Gasteiger partial charge in [-0.2, -0.15) is 4.98 Å². The van der Waals surface area contributed by atoms with E-state index in [1.165, 1.54) is 0 Å². The second-order valence-corrected chi connectivity index (χ2v) is 9.39. The molecule has 2 N–H and O–H groups in total. The van der Waals surface area contributed by atoms with E-state index in [2.05, 4.69) is 38.7 Å². The number of aryl methyl sites for hydroxylation is 1. The van der Waals surface area contributed by atoms with Gasteiger partial charge in [0.05, 0.1) is 0 Å². The largest absolute Gasteiger partial charge is 0.345 e. The summed E-state index contributed by atoms with van der Waals surface area (Å²) in [4.78, 5) is 33.0. The Balaban J connectivity index is 1.45. The van der Waals surface area contributed by atoms with Crippen LogP contribution in [0.3, 0.4) is 0 Å². The van der Waals surface area contributed by atoms with Crippen molar-refractivity contribution in [3.05, 3.63) is 59.4 Å². The molecule has 0 aliphatic heterocycles. The molecule has 2 amide bonds. The molecule has 33 heavy (non-hydrogen) atoms. The Morgan fingerprint density at radius 2 is 1.85 bits per heavy atom. The molecule has 2 heterocycles. The number of aromatic nitrogens is 3. The van der Waals surface area contributed by atoms with Crippen molar-refractivity contribution in [3.8, 4) is 11.1 Å². The van der Waals surface area contributed by atoms with Gasteiger partial charge in [0.15, 0.2) is 0 Å². The molecule has 8 nitrogen and oxygen atoms in total. The van der Waals surface area contributed by atoms with Gasteiger partial charge >= 0.3 is 0 Å². The lowest BCUT2D eigenvalue weighted by Crippen LogP contribution is -2.25. The summed E-state index contributed by atoms with van der Waals surface area (Å²) in [6.07, 6.45) is 4.42. The number of pyridine rings is 1. The third-order valence-electron chi connectivity index (χ3n) is 5.59. The van der Waals surface area contributed by atoms with Crippen LogP contribution >= 0.6 is 0 Å². The second kappa shape index (κ2) is 9.13. The van der Waals surface area contributed by atoms with Crippen molar-refractivity contribution in [1.82, 2.24) is 20.4 Å². The lowest BCUT2D eigenvalue weighted by molar-refractivity contribution is -0.117. The molecule has 4 rings (SSSR count). The van der Waals surface area contributed by atoms with Gasteiger partial charge in [-0.05, 0) is 53.6 Å². The molecule has 1 fully saturated rings. The Labute approximate surface area is 193 Å². The smallest absolute Gasteiger partial charge is 0.292 e. The predicted molar refractivity (Wildman–Crippen MR) is 125 cm³/mol. The van der Waals surface area contributed by atoms with Gasteiger partial charge in [-0.3, -0.25) is 9.59 Å². The molecule has 2 aromatic heterocycles. The zero-order valence-electron chi connectivity index (χ0n) is 19.4. The fraction of sp³-hybridized carbons (Fsp3) is 0.400. The van der Waals surface area contributed by atoms with E-state index in [1.807, 2.05) is 45.0 Å². The Kier molecular flexibility index (Phi) is 6.26. The third kappa shape index (κ3) is 5.45. The van der Waals surface area contributed by atoms with Gasteiger partial charge in [0.2, 0.25) is 11.8 Å². The summed E-state index contributed by atoms with van der Waals surface area (Å²) in [7, 11) is 0. The maximum absolute atomic E-state index is 12.5. The molecule has 1 saturated carbocycles. The van der Waals surface area contributed by atoms with Crippen LogP contribution in [-0.4, -0.2) is 26.9 Å². The molecule has 0 bridgehead atoms. The first kappa shape index (κ1) is 22.6. The van der Waals surface area contributed by atoms with E-state index in [9.17, 15) is 9.59 Å². The summed E-state index contributed by atoms with van der Waals surface area (Å²) >= 11 is 0. The molecule has 3 aromatic rings. The van der Waals surface area contributed by atoms with Crippen molar-refractivity contribution < 1.29 is 14.1 Å². The number of hydrogen-bond donors (Lipinski definition) is 2. The van der Waals surface area contributed by atoms with E-state index in [1.54, 1.807) is 6.20 Å². The van der Waals surface area contributed by atoms with E-state index < -0.39 is 0 Å². The number of carbonyl (C=O) groups excluding carboxylic acids is 2. The molecule has 0 spiro atoms. The summed E-state index contributed by atoms with van der Waals surface area (Å²) < 4.78 is 5.21. The van der Waals surface area contributed by atoms with Gasteiger partial charge < -0.3 is 15.2 Å². The molecule has 0 unspecified atom stereocenters. The predicted octanol–water partition coefficient (Wildman–Crippen LogP) is 4.27. The van der Waals surface area contributed by atoms with Gasteiger partial charge in [0, 0.05) is 24.1 Å². The van der Waals surface area contributed by atoms with Crippen LogP contribution in [0.2, 0.25) is 0 Å². The first-order valence-corrected chi connectivity index (χ1v) is 11.3. The molecule has 0 atom stereocenters. The van der Waals surface area contributed by atoms with Gasteiger partial charge in [-0.25, -0.2) is 4.98 Å². The van der Waals surface area contributed by atoms with Crippen molar-refractivity contribution >= 4 is 17.6 Å². The lowest BCUT2D eigenvalue weighted by Gasteiger charge is -2.12. The SMILES string of the molecule is CCc1cc(-c2ccnc(NC(=O)C3CC3)c2)ccc1CNC(=O)c1noc(C(C)(C)C)n1. The first-order valence-electron chi connectivity index (χ1n) is 11.3. The van der Waals surface area contributed by atoms with Crippen molar-refractivity contribution in [2.45, 2.75) is 58.9 Å². The summed E-state index contributed by atoms with van der Waals surface area (Å²) in [5, 5.41) is 9.58. The number of carbonyl (C=O) groups is 2. The van der Waals surface area contributed by atoms with Crippen LogP contribution < -0.4 is 10.6 Å². The molecule has 8 heteroatoms. The standard InChI is InChI=1S/C25H29N5O3/c1-5-15-12-17(18-10-11-26-20(13-18)28-22(31)16-6-7-16)8-9-19(15)14-27-23(32)21-29-24(33-30-21)25(2,3)4/h8-13,16H,5-7,14H2,1-4H3,(H,27,32)(H,26,28,31). The minimum Gasteiger partial charge on any atom is -0.345 e. The average molecular weight is 448 g/mol. The zero-order chi connectivity index (χ0) is 23.6. The molecule has 0 radical (unpaired) electrons. The Bertz CT molecular complexity index is 1170. The molecule has 1 aliphatic rings. The maximum Gasteiger partial charge on any atom is 0.292 e. The minimum atomic E-state index is -0.370. The van der Waals surface area contributed by atoms with Crippen LogP contribution in [0.25, 0.3) is 11.1 Å². The van der Waals surface area contributed by atoms with Crippen molar-refractivity contribution in [2.24, 2.45) is 5.92 Å². The molecule has 172 valence electrons. The van der Waals surface area contributed by atoms with E-state index in [4.69, 9.17) is 4.52 Å². The number of benzene rings is 1. The topological polar surface area (TPSA) is 110 Å². The summed E-state index contributed by atoms with van der Waals surface area (Å²) in [6, 6.07) is 9.93. The van der Waals surface area contributed by atoms with Crippen LogP contribution in [0.1, 0.15) is 68.2 Å². The highest BCUT2D eigenvalue weighted by Crippen LogP contribution is 2.30. The quantitative estimate of drug-likeness (QED) is 0.560. The maximum atomic E-state index is 12.5. The van der Waals surface area contributed by atoms with Gasteiger partial charge in [-0.15, -0.1) is 0 Å².